The molecule has 2 saturated carbocycles. The maximum atomic E-state index is 10.6. The molecule has 1 N–H and O–H groups in total. The SMILES string of the molecule is CCC(C)(C)C1CCC(O)C(N(C)C2CCCCCC2)C1. The molecule has 21 heavy (non-hydrogen) atoms. The third-order valence-electron chi connectivity index (χ3n) is 6.72. The zero-order valence-electron chi connectivity index (χ0n) is 14.8. The second kappa shape index (κ2) is 7.46. The number of likely N-dealkylation sites (N-methyl/N-ethyl adjacent to an activating group) is 1. The second-order valence-corrected chi connectivity index (χ2v) is 8.30. The Morgan fingerprint density at radius 2 is 1.62 bits per heavy atom. The summed E-state index contributed by atoms with van der Waals surface area (Å²) >= 11 is 0. The summed E-state index contributed by atoms with van der Waals surface area (Å²) in [6, 6.07) is 1.09. The number of aliphatic hydroxyl groups excluding tert-OH is 1. The minimum absolute atomic E-state index is 0.109. The summed E-state index contributed by atoms with van der Waals surface area (Å²) in [5.41, 5.74) is 0.419. The molecule has 124 valence electrons. The van der Waals surface area contributed by atoms with Crippen LogP contribution in [0.1, 0.15) is 85.0 Å². The van der Waals surface area contributed by atoms with Crippen molar-refractivity contribution in [3.8, 4) is 0 Å². The molecule has 0 saturated heterocycles. The molecule has 0 spiro atoms. The lowest BCUT2D eigenvalue weighted by Crippen LogP contribution is -2.51. The summed E-state index contributed by atoms with van der Waals surface area (Å²) in [4.78, 5) is 2.56. The van der Waals surface area contributed by atoms with E-state index < -0.39 is 0 Å². The Balaban J connectivity index is 2.01. The van der Waals surface area contributed by atoms with Gasteiger partial charge in [-0.05, 0) is 50.5 Å². The van der Waals surface area contributed by atoms with E-state index in [0.29, 0.717) is 17.5 Å². The lowest BCUT2D eigenvalue weighted by molar-refractivity contribution is -0.0279. The van der Waals surface area contributed by atoms with Crippen LogP contribution in [0.15, 0.2) is 0 Å². The van der Waals surface area contributed by atoms with Crippen LogP contribution in [0.25, 0.3) is 0 Å². The van der Waals surface area contributed by atoms with Gasteiger partial charge < -0.3 is 5.11 Å². The molecule has 0 radical (unpaired) electrons. The van der Waals surface area contributed by atoms with Crippen molar-refractivity contribution in [2.24, 2.45) is 11.3 Å². The molecular formula is C19H37NO. The fourth-order valence-electron chi connectivity index (χ4n) is 4.50. The molecule has 3 unspecified atom stereocenters. The van der Waals surface area contributed by atoms with Crippen molar-refractivity contribution < 1.29 is 5.11 Å². The predicted octanol–water partition coefficient (Wildman–Crippen LogP) is 4.61. The van der Waals surface area contributed by atoms with Gasteiger partial charge in [-0.15, -0.1) is 0 Å². The summed E-state index contributed by atoms with van der Waals surface area (Å²) in [5, 5.41) is 10.6. The van der Waals surface area contributed by atoms with Crippen molar-refractivity contribution in [3.63, 3.8) is 0 Å². The average molecular weight is 296 g/mol. The molecule has 0 aliphatic heterocycles. The van der Waals surface area contributed by atoms with E-state index >= 15 is 0 Å². The zero-order chi connectivity index (χ0) is 15.5. The Hall–Kier alpha value is -0.0800. The Morgan fingerprint density at radius 3 is 2.19 bits per heavy atom. The van der Waals surface area contributed by atoms with E-state index in [9.17, 15) is 5.11 Å². The molecule has 0 aromatic heterocycles. The molecular weight excluding hydrogens is 258 g/mol. The van der Waals surface area contributed by atoms with Gasteiger partial charge in [0.1, 0.15) is 0 Å². The highest BCUT2D eigenvalue weighted by atomic mass is 16.3. The van der Waals surface area contributed by atoms with Gasteiger partial charge in [0.15, 0.2) is 0 Å². The van der Waals surface area contributed by atoms with Gasteiger partial charge in [0.05, 0.1) is 6.10 Å². The van der Waals surface area contributed by atoms with Crippen LogP contribution in [0.5, 0.6) is 0 Å². The van der Waals surface area contributed by atoms with Crippen LogP contribution >= 0.6 is 0 Å². The Morgan fingerprint density at radius 1 is 1.00 bits per heavy atom. The molecule has 0 heterocycles. The first-order valence-corrected chi connectivity index (χ1v) is 9.35. The van der Waals surface area contributed by atoms with Crippen molar-refractivity contribution in [2.75, 3.05) is 7.05 Å². The van der Waals surface area contributed by atoms with E-state index in [1.807, 2.05) is 0 Å². The predicted molar refractivity (Wildman–Crippen MR) is 90.5 cm³/mol. The van der Waals surface area contributed by atoms with Crippen LogP contribution in [0.2, 0.25) is 0 Å². The summed E-state index contributed by atoms with van der Waals surface area (Å²) in [6.45, 7) is 7.14. The topological polar surface area (TPSA) is 23.5 Å². The molecule has 0 amide bonds. The van der Waals surface area contributed by atoms with E-state index in [4.69, 9.17) is 0 Å². The lowest BCUT2D eigenvalue weighted by Gasteiger charge is -2.46. The van der Waals surface area contributed by atoms with Gasteiger partial charge in [-0.25, -0.2) is 0 Å². The summed E-state index contributed by atoms with van der Waals surface area (Å²) in [6.07, 6.45) is 12.8. The lowest BCUT2D eigenvalue weighted by atomic mass is 9.67. The number of nitrogens with zero attached hydrogens (tertiary/aromatic N) is 1. The Labute approximate surface area is 132 Å². The van der Waals surface area contributed by atoms with Crippen molar-refractivity contribution in [3.05, 3.63) is 0 Å². The molecule has 2 rings (SSSR count). The van der Waals surface area contributed by atoms with Crippen molar-refractivity contribution in [1.29, 1.82) is 0 Å². The monoisotopic (exact) mass is 295 g/mol. The molecule has 3 atom stereocenters. The van der Waals surface area contributed by atoms with Gasteiger partial charge >= 0.3 is 0 Å². The minimum atomic E-state index is -0.109. The summed E-state index contributed by atoms with van der Waals surface area (Å²) < 4.78 is 0. The molecule has 0 aromatic rings. The van der Waals surface area contributed by atoms with Crippen molar-refractivity contribution in [1.82, 2.24) is 4.90 Å². The molecule has 2 aliphatic carbocycles. The fraction of sp³-hybridized carbons (Fsp3) is 1.00. The molecule has 2 fully saturated rings. The third-order valence-corrected chi connectivity index (χ3v) is 6.72. The fourth-order valence-corrected chi connectivity index (χ4v) is 4.50. The first-order valence-electron chi connectivity index (χ1n) is 9.35. The largest absolute Gasteiger partial charge is 0.391 e. The second-order valence-electron chi connectivity index (χ2n) is 8.30. The molecule has 0 aromatic carbocycles. The Kier molecular flexibility index (Phi) is 6.14. The minimum Gasteiger partial charge on any atom is -0.391 e. The van der Waals surface area contributed by atoms with E-state index in [1.54, 1.807) is 0 Å². The summed E-state index contributed by atoms with van der Waals surface area (Å²) in [5.74, 6) is 0.768. The van der Waals surface area contributed by atoms with Crippen LogP contribution < -0.4 is 0 Å². The van der Waals surface area contributed by atoms with E-state index in [1.165, 1.54) is 57.8 Å². The number of hydrogen-bond acceptors (Lipinski definition) is 2. The first-order chi connectivity index (χ1) is 9.95. The van der Waals surface area contributed by atoms with Gasteiger partial charge in [0.2, 0.25) is 0 Å². The maximum Gasteiger partial charge on any atom is 0.0695 e. The van der Waals surface area contributed by atoms with Crippen LogP contribution in [0, 0.1) is 11.3 Å². The smallest absolute Gasteiger partial charge is 0.0695 e. The van der Waals surface area contributed by atoms with Gasteiger partial charge in [-0.3, -0.25) is 4.90 Å². The van der Waals surface area contributed by atoms with Crippen LogP contribution in [0.4, 0.5) is 0 Å². The van der Waals surface area contributed by atoms with Gasteiger partial charge in [-0.2, -0.15) is 0 Å². The maximum absolute atomic E-state index is 10.6. The zero-order valence-corrected chi connectivity index (χ0v) is 14.8. The van der Waals surface area contributed by atoms with Gasteiger partial charge in [-0.1, -0.05) is 52.9 Å². The van der Waals surface area contributed by atoms with Crippen LogP contribution in [-0.2, 0) is 0 Å². The standard InChI is InChI=1S/C19H37NO/c1-5-19(2,3)15-12-13-18(21)17(14-15)20(4)16-10-8-6-7-9-11-16/h15-18,21H,5-14H2,1-4H3. The molecule has 2 aliphatic rings. The first kappa shape index (κ1) is 17.3. The van der Waals surface area contributed by atoms with E-state index in [0.717, 1.165) is 12.3 Å². The van der Waals surface area contributed by atoms with Gasteiger partial charge in [0.25, 0.3) is 0 Å². The Bertz CT molecular complexity index is 307. The van der Waals surface area contributed by atoms with Gasteiger partial charge in [0, 0.05) is 12.1 Å². The number of aliphatic hydroxyl groups is 1. The highest BCUT2D eigenvalue weighted by Gasteiger charge is 2.39. The van der Waals surface area contributed by atoms with Crippen LogP contribution in [0.3, 0.4) is 0 Å². The number of hydrogen-bond donors (Lipinski definition) is 1. The third kappa shape index (κ3) is 4.22. The van der Waals surface area contributed by atoms with Crippen molar-refractivity contribution >= 4 is 0 Å². The van der Waals surface area contributed by atoms with E-state index in [2.05, 4.69) is 32.7 Å². The van der Waals surface area contributed by atoms with E-state index in [-0.39, 0.29) is 6.10 Å². The number of rotatable bonds is 4. The van der Waals surface area contributed by atoms with Crippen molar-refractivity contribution in [2.45, 2.75) is 103 Å². The molecule has 2 heteroatoms. The highest BCUT2D eigenvalue weighted by molar-refractivity contribution is 4.92. The quantitative estimate of drug-likeness (QED) is 0.766. The molecule has 0 bridgehead atoms. The van der Waals surface area contributed by atoms with Crippen LogP contribution in [-0.4, -0.2) is 35.2 Å². The highest BCUT2D eigenvalue weighted by Crippen LogP contribution is 2.42. The normalized spacial score (nSPS) is 33.1. The molecule has 2 nitrogen and oxygen atoms in total. The average Bonchev–Trinajstić information content (AvgIpc) is 2.76. The summed E-state index contributed by atoms with van der Waals surface area (Å²) in [7, 11) is 2.28.